The van der Waals surface area contributed by atoms with Gasteiger partial charge < -0.3 is 15.4 Å². The summed E-state index contributed by atoms with van der Waals surface area (Å²) >= 11 is 6.24. The van der Waals surface area contributed by atoms with E-state index in [-0.39, 0.29) is 24.2 Å². The minimum atomic E-state index is -0.915. The molecule has 1 saturated heterocycles. The van der Waals surface area contributed by atoms with Crippen LogP contribution in [0, 0.1) is 5.92 Å². The molecule has 28 heavy (non-hydrogen) atoms. The molecule has 1 atom stereocenters. The zero-order chi connectivity index (χ0) is 20.3. The lowest BCUT2D eigenvalue weighted by molar-refractivity contribution is -0.141. The van der Waals surface area contributed by atoms with Crippen molar-refractivity contribution in [2.75, 3.05) is 7.11 Å². The van der Waals surface area contributed by atoms with Crippen LogP contribution >= 0.6 is 11.6 Å². The van der Waals surface area contributed by atoms with E-state index in [0.29, 0.717) is 36.3 Å². The first-order valence-corrected chi connectivity index (χ1v) is 9.47. The lowest BCUT2D eigenvalue weighted by Crippen LogP contribution is -2.51. The first-order valence-electron chi connectivity index (χ1n) is 9.10. The predicted molar refractivity (Wildman–Crippen MR) is 100 cm³/mol. The number of urea groups is 1. The van der Waals surface area contributed by atoms with E-state index in [1.807, 2.05) is 0 Å². The smallest absolute Gasteiger partial charge is 0.322 e. The molecule has 0 bridgehead atoms. The molecule has 3 rings (SSSR count). The van der Waals surface area contributed by atoms with Crippen LogP contribution in [0.5, 0.6) is 0 Å². The highest BCUT2D eigenvalue weighted by Gasteiger charge is 2.49. The fraction of sp³-hybridized carbons (Fsp3) is 0.474. The first-order chi connectivity index (χ1) is 13.3. The van der Waals surface area contributed by atoms with Crippen molar-refractivity contribution in [2.24, 2.45) is 5.92 Å². The number of rotatable bonds is 5. The van der Waals surface area contributed by atoms with Crippen LogP contribution in [0.2, 0.25) is 5.02 Å². The van der Waals surface area contributed by atoms with Crippen LogP contribution < -0.4 is 16.0 Å². The number of benzene rings is 1. The van der Waals surface area contributed by atoms with Crippen molar-refractivity contribution >= 4 is 35.4 Å². The third-order valence-electron chi connectivity index (χ3n) is 5.42. The largest absolute Gasteiger partial charge is 0.469 e. The Hall–Kier alpha value is -2.61. The SMILES string of the molecule is COC(=O)CC(NC(=O)C1CCC2(CC1)NC(=O)NC2=O)c1ccccc1Cl. The van der Waals surface area contributed by atoms with Crippen LogP contribution in [0.4, 0.5) is 4.79 Å². The van der Waals surface area contributed by atoms with E-state index in [0.717, 1.165) is 0 Å². The Balaban J connectivity index is 1.67. The molecule has 1 unspecified atom stereocenters. The summed E-state index contributed by atoms with van der Waals surface area (Å²) in [6.45, 7) is 0. The third-order valence-corrected chi connectivity index (χ3v) is 5.76. The van der Waals surface area contributed by atoms with Crippen molar-refractivity contribution in [3.8, 4) is 0 Å². The van der Waals surface area contributed by atoms with Crippen LogP contribution in [-0.4, -0.2) is 36.5 Å². The number of nitrogens with one attached hydrogen (secondary N) is 3. The van der Waals surface area contributed by atoms with Crippen molar-refractivity contribution in [3.05, 3.63) is 34.9 Å². The molecule has 1 aromatic carbocycles. The number of esters is 1. The van der Waals surface area contributed by atoms with Gasteiger partial charge in [0.25, 0.3) is 5.91 Å². The van der Waals surface area contributed by atoms with Gasteiger partial charge in [-0.3, -0.25) is 19.7 Å². The minimum Gasteiger partial charge on any atom is -0.469 e. The highest BCUT2D eigenvalue weighted by molar-refractivity contribution is 6.31. The number of imide groups is 1. The van der Waals surface area contributed by atoms with Gasteiger partial charge in [0.15, 0.2) is 0 Å². The lowest BCUT2D eigenvalue weighted by Gasteiger charge is -2.34. The number of hydrogen-bond acceptors (Lipinski definition) is 5. The van der Waals surface area contributed by atoms with Crippen LogP contribution in [0.25, 0.3) is 0 Å². The number of methoxy groups -OCH3 is 1. The molecule has 9 heteroatoms. The summed E-state index contributed by atoms with van der Waals surface area (Å²) in [4.78, 5) is 48.1. The summed E-state index contributed by atoms with van der Waals surface area (Å²) < 4.78 is 4.74. The number of hydrogen-bond donors (Lipinski definition) is 3. The van der Waals surface area contributed by atoms with Gasteiger partial charge >= 0.3 is 12.0 Å². The lowest BCUT2D eigenvalue weighted by atomic mass is 9.76. The van der Waals surface area contributed by atoms with E-state index in [1.54, 1.807) is 24.3 Å². The summed E-state index contributed by atoms with van der Waals surface area (Å²) in [6.07, 6.45) is 1.63. The van der Waals surface area contributed by atoms with E-state index >= 15 is 0 Å². The summed E-state index contributed by atoms with van der Waals surface area (Å²) in [7, 11) is 1.29. The molecular formula is C19H22ClN3O5. The molecule has 1 aliphatic heterocycles. The van der Waals surface area contributed by atoms with Gasteiger partial charge in [-0.25, -0.2) is 4.79 Å². The van der Waals surface area contributed by atoms with Gasteiger partial charge in [0.2, 0.25) is 5.91 Å². The second-order valence-electron chi connectivity index (χ2n) is 7.13. The van der Waals surface area contributed by atoms with Crippen molar-refractivity contribution in [2.45, 2.75) is 43.7 Å². The van der Waals surface area contributed by atoms with Crippen molar-refractivity contribution in [1.82, 2.24) is 16.0 Å². The topological polar surface area (TPSA) is 114 Å². The highest BCUT2D eigenvalue weighted by atomic mass is 35.5. The molecular weight excluding hydrogens is 386 g/mol. The molecule has 0 aromatic heterocycles. The van der Waals surface area contributed by atoms with E-state index in [4.69, 9.17) is 16.3 Å². The third kappa shape index (κ3) is 4.11. The van der Waals surface area contributed by atoms with Crippen LogP contribution in [-0.2, 0) is 19.1 Å². The summed E-state index contributed by atoms with van der Waals surface area (Å²) in [5.41, 5.74) is -0.278. The Morgan fingerprint density at radius 1 is 1.29 bits per heavy atom. The maximum absolute atomic E-state index is 12.8. The molecule has 150 valence electrons. The van der Waals surface area contributed by atoms with Crippen LogP contribution in [0.3, 0.4) is 0 Å². The van der Waals surface area contributed by atoms with Gasteiger partial charge in [0.05, 0.1) is 19.6 Å². The molecule has 1 heterocycles. The Labute approximate surface area is 167 Å². The van der Waals surface area contributed by atoms with Gasteiger partial charge in [-0.15, -0.1) is 0 Å². The average molecular weight is 408 g/mol. The van der Waals surface area contributed by atoms with Gasteiger partial charge in [-0.2, -0.15) is 0 Å². The van der Waals surface area contributed by atoms with Crippen LogP contribution in [0.1, 0.15) is 43.7 Å². The Morgan fingerprint density at radius 3 is 2.54 bits per heavy atom. The zero-order valence-corrected chi connectivity index (χ0v) is 16.2. The number of carbonyl (C=O) groups is 4. The molecule has 1 aliphatic carbocycles. The van der Waals surface area contributed by atoms with Gasteiger partial charge in [-0.05, 0) is 37.3 Å². The van der Waals surface area contributed by atoms with Crippen molar-refractivity contribution in [3.63, 3.8) is 0 Å². The Morgan fingerprint density at radius 2 is 1.96 bits per heavy atom. The molecule has 8 nitrogen and oxygen atoms in total. The van der Waals surface area contributed by atoms with E-state index in [2.05, 4.69) is 16.0 Å². The van der Waals surface area contributed by atoms with Crippen LogP contribution in [0.15, 0.2) is 24.3 Å². The van der Waals surface area contributed by atoms with Crippen molar-refractivity contribution in [1.29, 1.82) is 0 Å². The van der Waals surface area contributed by atoms with Gasteiger partial charge in [-0.1, -0.05) is 29.8 Å². The molecule has 2 aliphatic rings. The first kappa shape index (κ1) is 20.1. The molecule has 0 radical (unpaired) electrons. The Kier molecular flexibility index (Phi) is 5.88. The second kappa shape index (κ2) is 8.18. The highest BCUT2D eigenvalue weighted by Crippen LogP contribution is 2.35. The maximum Gasteiger partial charge on any atom is 0.322 e. The number of carbonyl (C=O) groups excluding carboxylic acids is 4. The molecule has 3 N–H and O–H groups in total. The zero-order valence-electron chi connectivity index (χ0n) is 15.4. The normalized spacial score (nSPS) is 25.0. The monoisotopic (exact) mass is 407 g/mol. The predicted octanol–water partition coefficient (Wildman–Crippen LogP) is 1.83. The summed E-state index contributed by atoms with van der Waals surface area (Å²) in [6, 6.07) is 5.89. The summed E-state index contributed by atoms with van der Waals surface area (Å²) in [5.74, 6) is -1.33. The standard InChI is InChI=1S/C19H22ClN3O5/c1-28-15(24)10-14(12-4-2-3-5-13(12)20)21-16(25)11-6-8-19(9-7-11)17(26)22-18(27)23-19/h2-5,11,14H,6-10H2,1H3,(H,21,25)(H2,22,23,26,27). The number of halogens is 1. The fourth-order valence-electron chi connectivity index (χ4n) is 3.79. The maximum atomic E-state index is 12.8. The van der Waals surface area contributed by atoms with Gasteiger partial charge in [0.1, 0.15) is 5.54 Å². The molecule has 1 aromatic rings. The second-order valence-corrected chi connectivity index (χ2v) is 7.53. The number of amides is 4. The summed E-state index contributed by atoms with van der Waals surface area (Å²) in [5, 5.41) is 8.27. The number of ether oxygens (including phenoxy) is 1. The molecule has 1 saturated carbocycles. The molecule has 2 fully saturated rings. The fourth-order valence-corrected chi connectivity index (χ4v) is 4.06. The minimum absolute atomic E-state index is 0.0406. The van der Waals surface area contributed by atoms with E-state index < -0.39 is 23.6 Å². The van der Waals surface area contributed by atoms with E-state index in [1.165, 1.54) is 7.11 Å². The Bertz CT molecular complexity index is 805. The molecule has 4 amide bonds. The molecule has 1 spiro atoms. The quantitative estimate of drug-likeness (QED) is 0.509. The van der Waals surface area contributed by atoms with Crippen molar-refractivity contribution < 1.29 is 23.9 Å². The average Bonchev–Trinajstić information content (AvgIpc) is 2.94. The van der Waals surface area contributed by atoms with E-state index in [9.17, 15) is 19.2 Å². The van der Waals surface area contributed by atoms with Gasteiger partial charge in [0, 0.05) is 10.9 Å².